The molecule has 0 spiro atoms. The van der Waals surface area contributed by atoms with E-state index in [0.29, 0.717) is 16.9 Å². The van der Waals surface area contributed by atoms with Crippen LogP contribution in [0.5, 0.6) is 5.75 Å². The molecule has 1 aromatic heterocycles. The van der Waals surface area contributed by atoms with E-state index in [9.17, 15) is 4.79 Å². The molecule has 0 radical (unpaired) electrons. The van der Waals surface area contributed by atoms with Gasteiger partial charge in [-0.1, -0.05) is 34.6 Å². The van der Waals surface area contributed by atoms with Crippen molar-refractivity contribution in [3.8, 4) is 5.75 Å². The highest BCUT2D eigenvalue weighted by atomic mass is 79.9. The fourth-order valence-corrected chi connectivity index (χ4v) is 2.13. The lowest BCUT2D eigenvalue weighted by Gasteiger charge is -2.05. The number of amides is 1. The van der Waals surface area contributed by atoms with Crippen LogP contribution in [0, 0.1) is 0 Å². The van der Waals surface area contributed by atoms with Crippen molar-refractivity contribution in [1.29, 1.82) is 0 Å². The lowest BCUT2D eigenvalue weighted by Crippen LogP contribution is -2.20. The minimum Gasteiger partial charge on any atom is -0.484 e. The molecule has 1 amide bonds. The number of carbonyl (C=O) groups excluding carboxylic acids is 1. The normalized spacial score (nSPS) is 10.3. The average molecular weight is 357 g/mol. The van der Waals surface area contributed by atoms with Crippen molar-refractivity contribution in [2.45, 2.75) is 12.1 Å². The fourth-order valence-electron chi connectivity index (χ4n) is 1.34. The molecule has 6 nitrogen and oxygen atoms in total. The first kappa shape index (κ1) is 14.9. The van der Waals surface area contributed by atoms with Crippen LogP contribution in [0.3, 0.4) is 0 Å². The summed E-state index contributed by atoms with van der Waals surface area (Å²) < 4.78 is 6.30. The van der Waals surface area contributed by atoms with Crippen molar-refractivity contribution in [2.24, 2.45) is 0 Å². The molecule has 8 heteroatoms. The number of hydrogen-bond acceptors (Lipinski definition) is 5. The van der Waals surface area contributed by atoms with Crippen LogP contribution in [-0.2, 0) is 4.79 Å². The van der Waals surface area contributed by atoms with Gasteiger partial charge in [0, 0.05) is 4.47 Å². The second-order valence-electron chi connectivity index (χ2n) is 3.69. The molecular formula is C12H13BrN4O2S. The molecular weight excluding hydrogens is 344 g/mol. The smallest absolute Gasteiger partial charge is 0.264 e. The van der Waals surface area contributed by atoms with E-state index in [1.807, 2.05) is 19.1 Å². The molecule has 0 saturated carbocycles. The molecule has 0 aliphatic carbocycles. The summed E-state index contributed by atoms with van der Waals surface area (Å²) in [5.41, 5.74) is 0. The summed E-state index contributed by atoms with van der Waals surface area (Å²) in [7, 11) is 0. The van der Waals surface area contributed by atoms with Crippen LogP contribution in [-0.4, -0.2) is 33.4 Å². The number of nitrogens with zero attached hydrogens (tertiary/aromatic N) is 2. The van der Waals surface area contributed by atoms with E-state index in [0.717, 1.165) is 10.2 Å². The van der Waals surface area contributed by atoms with Crippen LogP contribution in [0.15, 0.2) is 33.9 Å². The van der Waals surface area contributed by atoms with Gasteiger partial charge in [0.05, 0.1) is 0 Å². The number of halogens is 1. The summed E-state index contributed by atoms with van der Waals surface area (Å²) in [5.74, 6) is 1.53. The van der Waals surface area contributed by atoms with E-state index in [4.69, 9.17) is 4.74 Å². The number of H-pyrrole nitrogens is 1. The first-order valence-electron chi connectivity index (χ1n) is 5.91. The average Bonchev–Trinajstić information content (AvgIpc) is 2.86. The summed E-state index contributed by atoms with van der Waals surface area (Å²) in [5, 5.41) is 9.80. The van der Waals surface area contributed by atoms with Crippen LogP contribution in [0.4, 0.5) is 5.95 Å². The maximum absolute atomic E-state index is 11.7. The molecule has 0 aliphatic rings. The number of hydrogen-bond donors (Lipinski definition) is 2. The maximum Gasteiger partial charge on any atom is 0.264 e. The van der Waals surface area contributed by atoms with Gasteiger partial charge in [0.2, 0.25) is 11.1 Å². The standard InChI is InChI=1S/C12H13BrN4O2S/c1-2-20-12-15-11(16-17-12)14-10(18)7-19-9-5-3-8(13)4-6-9/h3-6H,2,7H2,1H3,(H2,14,15,16,17,18). The zero-order valence-corrected chi connectivity index (χ0v) is 13.1. The molecule has 2 N–H and O–H groups in total. The van der Waals surface area contributed by atoms with E-state index in [-0.39, 0.29) is 12.5 Å². The van der Waals surface area contributed by atoms with Crippen molar-refractivity contribution in [1.82, 2.24) is 15.2 Å². The van der Waals surface area contributed by atoms with Crippen LogP contribution in [0.2, 0.25) is 0 Å². The third-order valence-corrected chi connectivity index (χ3v) is 3.44. The van der Waals surface area contributed by atoms with Crippen LogP contribution < -0.4 is 10.1 Å². The van der Waals surface area contributed by atoms with Gasteiger partial charge in [-0.05, 0) is 30.0 Å². The maximum atomic E-state index is 11.7. The highest BCUT2D eigenvalue weighted by Gasteiger charge is 2.08. The van der Waals surface area contributed by atoms with E-state index in [1.54, 1.807) is 12.1 Å². The zero-order chi connectivity index (χ0) is 14.4. The van der Waals surface area contributed by atoms with E-state index in [1.165, 1.54) is 11.8 Å². The van der Waals surface area contributed by atoms with Gasteiger partial charge in [-0.15, -0.1) is 5.10 Å². The molecule has 1 aromatic carbocycles. The Labute approximate surface area is 128 Å². The van der Waals surface area contributed by atoms with Gasteiger partial charge < -0.3 is 4.74 Å². The molecule has 20 heavy (non-hydrogen) atoms. The quantitative estimate of drug-likeness (QED) is 0.777. The van der Waals surface area contributed by atoms with E-state index in [2.05, 4.69) is 36.4 Å². The molecule has 106 valence electrons. The number of thioether (sulfide) groups is 1. The molecule has 0 atom stereocenters. The predicted octanol–water partition coefficient (Wildman–Crippen LogP) is 2.70. The Balaban J connectivity index is 1.81. The summed E-state index contributed by atoms with van der Waals surface area (Å²) in [6.45, 7) is 1.92. The van der Waals surface area contributed by atoms with Crippen LogP contribution >= 0.6 is 27.7 Å². The van der Waals surface area contributed by atoms with Gasteiger partial charge in [0.25, 0.3) is 5.91 Å². The van der Waals surface area contributed by atoms with Crippen LogP contribution in [0.1, 0.15) is 6.92 Å². The SMILES string of the molecule is CCSc1n[nH]c(NC(=O)COc2ccc(Br)cc2)n1. The second-order valence-corrected chi connectivity index (χ2v) is 5.84. The number of benzene rings is 1. The number of anilines is 1. The predicted molar refractivity (Wildman–Crippen MR) is 81.0 cm³/mol. The van der Waals surface area contributed by atoms with Gasteiger partial charge in [-0.25, -0.2) is 5.10 Å². The number of rotatable bonds is 6. The lowest BCUT2D eigenvalue weighted by atomic mass is 10.3. The van der Waals surface area contributed by atoms with Crippen molar-refractivity contribution >= 4 is 39.5 Å². The third kappa shape index (κ3) is 4.53. The molecule has 0 unspecified atom stereocenters. The minimum atomic E-state index is -0.294. The van der Waals surface area contributed by atoms with Gasteiger partial charge in [-0.3, -0.25) is 10.1 Å². The number of nitrogens with one attached hydrogen (secondary N) is 2. The van der Waals surface area contributed by atoms with Gasteiger partial charge >= 0.3 is 0 Å². The fraction of sp³-hybridized carbons (Fsp3) is 0.250. The highest BCUT2D eigenvalue weighted by molar-refractivity contribution is 9.10. The Bertz CT molecular complexity index is 573. The zero-order valence-electron chi connectivity index (χ0n) is 10.7. The summed E-state index contributed by atoms with van der Waals surface area (Å²) in [6.07, 6.45) is 0. The highest BCUT2D eigenvalue weighted by Crippen LogP contribution is 2.16. The minimum absolute atomic E-state index is 0.0847. The Morgan fingerprint density at radius 3 is 2.90 bits per heavy atom. The number of carbonyl (C=O) groups is 1. The molecule has 0 fully saturated rings. The van der Waals surface area contributed by atoms with Gasteiger partial charge in [-0.2, -0.15) is 4.98 Å². The molecule has 2 aromatic rings. The van der Waals surface area contributed by atoms with Crippen molar-refractivity contribution in [3.63, 3.8) is 0 Å². The summed E-state index contributed by atoms with van der Waals surface area (Å²) in [6, 6.07) is 7.25. The third-order valence-electron chi connectivity index (χ3n) is 2.18. The number of ether oxygens (including phenoxy) is 1. The summed E-state index contributed by atoms with van der Waals surface area (Å²) >= 11 is 4.82. The molecule has 0 saturated heterocycles. The molecule has 0 bridgehead atoms. The number of aromatic amines is 1. The van der Waals surface area contributed by atoms with Gasteiger partial charge in [0.15, 0.2) is 6.61 Å². The molecule has 0 aliphatic heterocycles. The van der Waals surface area contributed by atoms with Crippen LogP contribution in [0.25, 0.3) is 0 Å². The van der Waals surface area contributed by atoms with Crippen molar-refractivity contribution < 1.29 is 9.53 Å². The van der Waals surface area contributed by atoms with Gasteiger partial charge in [0.1, 0.15) is 5.75 Å². The Hall–Kier alpha value is -1.54. The van der Waals surface area contributed by atoms with Crippen molar-refractivity contribution in [3.05, 3.63) is 28.7 Å². The lowest BCUT2D eigenvalue weighted by molar-refractivity contribution is -0.118. The topological polar surface area (TPSA) is 79.9 Å². The largest absolute Gasteiger partial charge is 0.484 e. The van der Waals surface area contributed by atoms with E-state index >= 15 is 0 Å². The molecule has 1 heterocycles. The first-order valence-corrected chi connectivity index (χ1v) is 7.68. The Morgan fingerprint density at radius 1 is 1.45 bits per heavy atom. The van der Waals surface area contributed by atoms with E-state index < -0.39 is 0 Å². The second kappa shape index (κ2) is 7.30. The van der Waals surface area contributed by atoms with Crippen molar-refractivity contribution in [2.75, 3.05) is 17.7 Å². The molecule has 2 rings (SSSR count). The summed E-state index contributed by atoms with van der Waals surface area (Å²) in [4.78, 5) is 15.8. The first-order chi connectivity index (χ1) is 9.67. The number of aromatic nitrogens is 3. The Morgan fingerprint density at radius 2 is 2.20 bits per heavy atom. The monoisotopic (exact) mass is 356 g/mol. The Kier molecular flexibility index (Phi) is 5.42.